The molecule has 1 unspecified atom stereocenters. The predicted octanol–water partition coefficient (Wildman–Crippen LogP) is 2.61. The molecule has 0 aliphatic carbocycles. The number of aryl methyl sites for hydroxylation is 1. The molecule has 0 heterocycles. The number of hydrogen-bond acceptors (Lipinski definition) is 3. The Morgan fingerprint density at radius 2 is 1.94 bits per heavy atom. The normalized spacial score (nSPS) is 13.8. The van der Waals surface area contributed by atoms with Crippen molar-refractivity contribution in [3.05, 3.63) is 42.2 Å². The monoisotopic (exact) mass is 258 g/mol. The molecule has 0 aliphatic rings. The molecule has 5 heteroatoms. The highest BCUT2D eigenvalue weighted by atomic mass is 32.2. The molecule has 0 saturated heterocycles. The summed E-state index contributed by atoms with van der Waals surface area (Å²) < 4.78 is 41.8. The maximum atomic E-state index is 13.5. The summed E-state index contributed by atoms with van der Waals surface area (Å²) >= 11 is 0. The minimum Gasteiger partial charge on any atom is -0.502 e. The summed E-state index contributed by atoms with van der Waals surface area (Å²) in [4.78, 5) is -0.0308. The molecule has 0 aliphatic heterocycles. The van der Waals surface area contributed by atoms with Crippen molar-refractivity contribution in [1.82, 2.24) is 0 Å². The Balaban J connectivity index is 2.91. The van der Waals surface area contributed by atoms with Gasteiger partial charge in [0.15, 0.2) is 0 Å². The second-order valence-electron chi connectivity index (χ2n) is 3.49. The molecule has 0 aromatic heterocycles. The van der Waals surface area contributed by atoms with E-state index in [1.165, 1.54) is 12.1 Å². The third-order valence-corrected chi connectivity index (χ3v) is 3.82. The Kier molecular flexibility index (Phi) is 4.69. The van der Waals surface area contributed by atoms with E-state index >= 15 is 0 Å². The fourth-order valence-corrected chi connectivity index (χ4v) is 2.22. The standard InChI is InChI=1S/C12H15FO3S/c1-3-16-9-8-12(13)17(14,15)11-6-4-10(2)5-7-11/h4-9,12H,3H2,1-2H3/b9-8-. The van der Waals surface area contributed by atoms with Gasteiger partial charge in [0.2, 0.25) is 15.3 Å². The van der Waals surface area contributed by atoms with Gasteiger partial charge in [-0.25, -0.2) is 12.8 Å². The number of benzene rings is 1. The second kappa shape index (κ2) is 5.82. The van der Waals surface area contributed by atoms with Crippen LogP contribution in [0.1, 0.15) is 12.5 Å². The summed E-state index contributed by atoms with van der Waals surface area (Å²) in [5.41, 5.74) is -1.17. The average Bonchev–Trinajstić information content (AvgIpc) is 2.29. The van der Waals surface area contributed by atoms with E-state index in [2.05, 4.69) is 0 Å². The van der Waals surface area contributed by atoms with Crippen LogP contribution in [0.3, 0.4) is 0 Å². The number of hydrogen-bond donors (Lipinski definition) is 0. The van der Waals surface area contributed by atoms with E-state index in [9.17, 15) is 12.8 Å². The van der Waals surface area contributed by atoms with Crippen molar-refractivity contribution in [2.45, 2.75) is 24.2 Å². The number of alkyl halides is 1. The van der Waals surface area contributed by atoms with E-state index in [0.717, 1.165) is 17.9 Å². The van der Waals surface area contributed by atoms with Crippen LogP contribution < -0.4 is 0 Å². The van der Waals surface area contributed by atoms with E-state index in [4.69, 9.17) is 4.74 Å². The van der Waals surface area contributed by atoms with E-state index in [0.29, 0.717) is 6.61 Å². The first kappa shape index (κ1) is 13.7. The third kappa shape index (κ3) is 3.56. The van der Waals surface area contributed by atoms with Crippen LogP contribution in [0.25, 0.3) is 0 Å². The first-order valence-corrected chi connectivity index (χ1v) is 6.76. The quantitative estimate of drug-likeness (QED) is 0.762. The molecular weight excluding hydrogens is 243 g/mol. The summed E-state index contributed by atoms with van der Waals surface area (Å²) in [5, 5.41) is 0. The maximum Gasteiger partial charge on any atom is 0.226 e. The van der Waals surface area contributed by atoms with Gasteiger partial charge in [-0.05, 0) is 32.1 Å². The van der Waals surface area contributed by atoms with Crippen molar-refractivity contribution >= 4 is 9.84 Å². The SMILES string of the molecule is CCO/C=C\C(F)S(=O)(=O)c1ccc(C)cc1. The van der Waals surface area contributed by atoms with Crippen molar-refractivity contribution < 1.29 is 17.5 Å². The molecule has 0 bridgehead atoms. The van der Waals surface area contributed by atoms with Crippen LogP contribution in [-0.4, -0.2) is 20.5 Å². The van der Waals surface area contributed by atoms with Crippen LogP contribution in [0.15, 0.2) is 41.5 Å². The van der Waals surface area contributed by atoms with Gasteiger partial charge in [0, 0.05) is 0 Å². The predicted molar refractivity (Wildman–Crippen MR) is 64.0 cm³/mol. The summed E-state index contributed by atoms with van der Waals surface area (Å²) in [5.74, 6) is 0. The minimum absolute atomic E-state index is 0.0308. The zero-order valence-corrected chi connectivity index (χ0v) is 10.6. The molecule has 0 saturated carbocycles. The van der Waals surface area contributed by atoms with Crippen molar-refractivity contribution in [1.29, 1.82) is 0 Å². The maximum absolute atomic E-state index is 13.5. The van der Waals surface area contributed by atoms with Gasteiger partial charge in [0.05, 0.1) is 17.8 Å². The lowest BCUT2D eigenvalue weighted by molar-refractivity contribution is 0.266. The highest BCUT2D eigenvalue weighted by molar-refractivity contribution is 7.92. The highest BCUT2D eigenvalue weighted by Gasteiger charge is 2.24. The van der Waals surface area contributed by atoms with E-state index in [-0.39, 0.29) is 4.90 Å². The first-order chi connectivity index (χ1) is 7.98. The summed E-state index contributed by atoms with van der Waals surface area (Å²) in [6.45, 7) is 3.93. The molecule has 0 fully saturated rings. The number of sulfone groups is 1. The van der Waals surface area contributed by atoms with Gasteiger partial charge >= 0.3 is 0 Å². The summed E-state index contributed by atoms with van der Waals surface area (Å²) in [6.07, 6.45) is 1.95. The Morgan fingerprint density at radius 1 is 1.35 bits per heavy atom. The number of halogens is 1. The number of rotatable bonds is 5. The summed E-state index contributed by atoms with van der Waals surface area (Å²) in [6, 6.07) is 6.05. The zero-order valence-electron chi connectivity index (χ0n) is 9.76. The summed E-state index contributed by atoms with van der Waals surface area (Å²) in [7, 11) is -3.97. The molecule has 1 aromatic rings. The van der Waals surface area contributed by atoms with Gasteiger partial charge in [-0.3, -0.25) is 0 Å². The lowest BCUT2D eigenvalue weighted by Crippen LogP contribution is -2.14. The molecule has 1 rings (SSSR count). The van der Waals surface area contributed by atoms with Crippen LogP contribution in [0.4, 0.5) is 4.39 Å². The largest absolute Gasteiger partial charge is 0.502 e. The van der Waals surface area contributed by atoms with Crippen LogP contribution in [0.2, 0.25) is 0 Å². The van der Waals surface area contributed by atoms with Gasteiger partial charge < -0.3 is 4.74 Å². The fourth-order valence-electron chi connectivity index (χ4n) is 1.17. The average molecular weight is 258 g/mol. The molecule has 1 atom stereocenters. The Morgan fingerprint density at radius 3 is 2.47 bits per heavy atom. The molecule has 17 heavy (non-hydrogen) atoms. The van der Waals surface area contributed by atoms with Crippen molar-refractivity contribution in [2.75, 3.05) is 6.61 Å². The number of ether oxygens (including phenoxy) is 1. The second-order valence-corrected chi connectivity index (χ2v) is 5.50. The highest BCUT2D eigenvalue weighted by Crippen LogP contribution is 2.18. The Labute approximate surface area is 101 Å². The van der Waals surface area contributed by atoms with Crippen LogP contribution in [0, 0.1) is 6.92 Å². The van der Waals surface area contributed by atoms with Crippen molar-refractivity contribution in [3.63, 3.8) is 0 Å². The van der Waals surface area contributed by atoms with E-state index in [1.807, 2.05) is 6.92 Å². The molecule has 0 N–H and O–H groups in total. The van der Waals surface area contributed by atoms with Crippen LogP contribution >= 0.6 is 0 Å². The molecule has 1 aromatic carbocycles. The van der Waals surface area contributed by atoms with Gasteiger partial charge in [-0.2, -0.15) is 0 Å². The Bertz CT molecular complexity index is 477. The van der Waals surface area contributed by atoms with E-state index in [1.54, 1.807) is 19.1 Å². The van der Waals surface area contributed by atoms with Gasteiger partial charge in [0.1, 0.15) is 0 Å². The third-order valence-electron chi connectivity index (χ3n) is 2.14. The fraction of sp³-hybridized carbons (Fsp3) is 0.333. The topological polar surface area (TPSA) is 43.4 Å². The first-order valence-electron chi connectivity index (χ1n) is 5.21. The van der Waals surface area contributed by atoms with E-state index < -0.39 is 15.3 Å². The minimum atomic E-state index is -3.97. The van der Waals surface area contributed by atoms with Crippen LogP contribution in [0.5, 0.6) is 0 Å². The molecule has 94 valence electrons. The Hall–Kier alpha value is -1.36. The van der Waals surface area contributed by atoms with Gasteiger partial charge in [-0.15, -0.1) is 0 Å². The molecule has 0 amide bonds. The molecular formula is C12H15FO3S. The smallest absolute Gasteiger partial charge is 0.226 e. The molecule has 3 nitrogen and oxygen atoms in total. The lowest BCUT2D eigenvalue weighted by Gasteiger charge is -2.06. The van der Waals surface area contributed by atoms with Gasteiger partial charge in [-0.1, -0.05) is 17.7 Å². The molecule has 0 radical (unpaired) electrons. The van der Waals surface area contributed by atoms with Crippen molar-refractivity contribution in [2.24, 2.45) is 0 Å². The van der Waals surface area contributed by atoms with Gasteiger partial charge in [0.25, 0.3) is 0 Å². The molecule has 0 spiro atoms. The lowest BCUT2D eigenvalue weighted by atomic mass is 10.2. The van der Waals surface area contributed by atoms with Crippen LogP contribution in [-0.2, 0) is 14.6 Å². The van der Waals surface area contributed by atoms with Crippen molar-refractivity contribution in [3.8, 4) is 0 Å². The zero-order chi connectivity index (χ0) is 12.9.